The first-order valence-corrected chi connectivity index (χ1v) is 5.39. The molecular formula is C13H9NO4. The van der Waals surface area contributed by atoms with Crippen molar-refractivity contribution in [3.8, 4) is 11.4 Å². The van der Waals surface area contributed by atoms with Crippen molar-refractivity contribution in [2.75, 3.05) is 0 Å². The molecule has 0 aliphatic carbocycles. The molecule has 0 bridgehead atoms. The fourth-order valence-corrected chi connectivity index (χ4v) is 2.09. The number of benzene rings is 1. The second kappa shape index (κ2) is 3.73. The molecule has 0 fully saturated rings. The molecule has 0 atom stereocenters. The number of rotatable bonds is 1. The minimum atomic E-state index is -1.07. The molecule has 1 aromatic heterocycles. The minimum absolute atomic E-state index is 0.0781. The first-order chi connectivity index (χ1) is 8.68. The largest absolute Gasteiger partial charge is 0.485 e. The first-order valence-electron chi connectivity index (χ1n) is 5.39. The van der Waals surface area contributed by atoms with Gasteiger partial charge in [0.2, 0.25) is 0 Å². The Morgan fingerprint density at radius 2 is 2.00 bits per heavy atom. The van der Waals surface area contributed by atoms with Crippen molar-refractivity contribution >= 4 is 5.97 Å². The van der Waals surface area contributed by atoms with E-state index in [1.54, 1.807) is 24.3 Å². The molecule has 0 radical (unpaired) electrons. The molecule has 18 heavy (non-hydrogen) atoms. The van der Waals surface area contributed by atoms with Crippen LogP contribution in [0.3, 0.4) is 0 Å². The van der Waals surface area contributed by atoms with E-state index in [0.29, 0.717) is 17.1 Å². The van der Waals surface area contributed by atoms with Gasteiger partial charge in [0, 0.05) is 6.07 Å². The topological polar surface area (TPSA) is 68.5 Å². The van der Waals surface area contributed by atoms with E-state index in [2.05, 4.69) is 0 Å². The van der Waals surface area contributed by atoms with Crippen molar-refractivity contribution in [3.63, 3.8) is 0 Å². The molecule has 0 spiro atoms. The third-order valence-electron chi connectivity index (χ3n) is 2.89. The Bertz CT molecular complexity index is 702. The lowest BCUT2D eigenvalue weighted by Gasteiger charge is -2.23. The molecule has 3 rings (SSSR count). The van der Waals surface area contributed by atoms with Gasteiger partial charge in [-0.05, 0) is 18.2 Å². The molecule has 1 aliphatic heterocycles. The van der Waals surface area contributed by atoms with Crippen LogP contribution < -0.4 is 10.3 Å². The van der Waals surface area contributed by atoms with Crippen LogP contribution in [0.2, 0.25) is 0 Å². The summed E-state index contributed by atoms with van der Waals surface area (Å²) in [5.41, 5.74) is 0.774. The predicted molar refractivity (Wildman–Crippen MR) is 63.3 cm³/mol. The third-order valence-corrected chi connectivity index (χ3v) is 2.89. The highest BCUT2D eigenvalue weighted by molar-refractivity contribution is 5.89. The van der Waals surface area contributed by atoms with E-state index in [0.717, 1.165) is 0 Å². The molecule has 0 amide bonds. The average Bonchev–Trinajstić information content (AvgIpc) is 2.38. The van der Waals surface area contributed by atoms with E-state index >= 15 is 0 Å². The van der Waals surface area contributed by atoms with E-state index in [1.807, 2.05) is 0 Å². The van der Waals surface area contributed by atoms with Crippen molar-refractivity contribution in [2.45, 2.75) is 6.61 Å². The average molecular weight is 243 g/mol. The quantitative estimate of drug-likeness (QED) is 0.822. The zero-order chi connectivity index (χ0) is 12.7. The smallest absolute Gasteiger partial charge is 0.337 e. The molecule has 1 aliphatic rings. The minimum Gasteiger partial charge on any atom is -0.485 e. The molecule has 5 nitrogen and oxygen atoms in total. The van der Waals surface area contributed by atoms with Crippen LogP contribution in [0.15, 0.2) is 41.2 Å². The SMILES string of the molecule is O=C(O)c1ccc(=O)n2c1COc1ccccc1-2. The normalized spacial score (nSPS) is 12.2. The van der Waals surface area contributed by atoms with Gasteiger partial charge in [0.25, 0.3) is 5.56 Å². The van der Waals surface area contributed by atoms with Gasteiger partial charge in [0.1, 0.15) is 12.4 Å². The second-order valence-electron chi connectivity index (χ2n) is 3.93. The Morgan fingerprint density at radius 3 is 2.78 bits per heavy atom. The Hall–Kier alpha value is -2.56. The highest BCUT2D eigenvalue weighted by Gasteiger charge is 2.22. The monoisotopic (exact) mass is 243 g/mol. The summed E-state index contributed by atoms with van der Waals surface area (Å²) in [6.07, 6.45) is 0. The fourth-order valence-electron chi connectivity index (χ4n) is 2.09. The van der Waals surface area contributed by atoms with Crippen LogP contribution >= 0.6 is 0 Å². The number of para-hydroxylation sites is 2. The number of carbonyl (C=O) groups is 1. The number of hydrogen-bond acceptors (Lipinski definition) is 3. The molecule has 0 saturated heterocycles. The predicted octanol–water partition coefficient (Wildman–Crippen LogP) is 1.43. The van der Waals surface area contributed by atoms with E-state index in [9.17, 15) is 9.59 Å². The fraction of sp³-hybridized carbons (Fsp3) is 0.0769. The van der Waals surface area contributed by atoms with E-state index in [4.69, 9.17) is 9.84 Å². The van der Waals surface area contributed by atoms with Crippen LogP contribution in [-0.4, -0.2) is 15.6 Å². The van der Waals surface area contributed by atoms with Crippen molar-refractivity contribution in [1.29, 1.82) is 0 Å². The third kappa shape index (κ3) is 1.41. The summed E-state index contributed by atoms with van der Waals surface area (Å²) in [5, 5.41) is 9.11. The summed E-state index contributed by atoms with van der Waals surface area (Å²) < 4.78 is 6.86. The molecule has 2 heterocycles. The van der Waals surface area contributed by atoms with Crippen LogP contribution in [-0.2, 0) is 6.61 Å². The molecule has 0 saturated carbocycles. The van der Waals surface area contributed by atoms with Crippen molar-refractivity contribution in [3.05, 3.63) is 58.0 Å². The summed E-state index contributed by atoms with van der Waals surface area (Å²) in [6.45, 7) is 0.0781. The molecule has 90 valence electrons. The van der Waals surface area contributed by atoms with Gasteiger partial charge in [-0.3, -0.25) is 9.36 Å². The summed E-state index contributed by atoms with van der Waals surface area (Å²) in [4.78, 5) is 23.0. The van der Waals surface area contributed by atoms with Crippen LogP contribution in [0.1, 0.15) is 16.1 Å². The lowest BCUT2D eigenvalue weighted by molar-refractivity contribution is 0.0692. The molecule has 1 aromatic carbocycles. The highest BCUT2D eigenvalue weighted by atomic mass is 16.5. The maximum Gasteiger partial charge on any atom is 0.337 e. The molecule has 1 N–H and O–H groups in total. The van der Waals surface area contributed by atoms with Crippen LogP contribution in [0.25, 0.3) is 5.69 Å². The lowest BCUT2D eigenvalue weighted by Crippen LogP contribution is -2.28. The molecule has 2 aromatic rings. The molecular weight excluding hydrogens is 234 g/mol. The van der Waals surface area contributed by atoms with Gasteiger partial charge in [-0.15, -0.1) is 0 Å². The van der Waals surface area contributed by atoms with Crippen molar-refractivity contribution in [2.24, 2.45) is 0 Å². The Balaban J connectivity index is 2.37. The summed E-state index contributed by atoms with van der Waals surface area (Å²) in [6, 6.07) is 9.62. The van der Waals surface area contributed by atoms with Gasteiger partial charge in [-0.25, -0.2) is 4.79 Å². The second-order valence-corrected chi connectivity index (χ2v) is 3.93. The van der Waals surface area contributed by atoms with E-state index in [-0.39, 0.29) is 17.7 Å². The number of aromatic carboxylic acids is 1. The Labute approximate surface area is 102 Å². The number of hydrogen-bond donors (Lipinski definition) is 1. The Kier molecular flexibility index (Phi) is 2.19. The lowest BCUT2D eigenvalue weighted by atomic mass is 10.1. The number of nitrogens with zero attached hydrogens (tertiary/aromatic N) is 1. The van der Waals surface area contributed by atoms with Gasteiger partial charge >= 0.3 is 5.97 Å². The van der Waals surface area contributed by atoms with Gasteiger partial charge < -0.3 is 9.84 Å². The summed E-state index contributed by atoms with van der Waals surface area (Å²) in [7, 11) is 0. The number of pyridine rings is 1. The van der Waals surface area contributed by atoms with Crippen LogP contribution in [0.5, 0.6) is 5.75 Å². The van der Waals surface area contributed by atoms with Crippen molar-refractivity contribution in [1.82, 2.24) is 4.57 Å². The van der Waals surface area contributed by atoms with E-state index in [1.165, 1.54) is 16.7 Å². The number of ether oxygens (including phenoxy) is 1. The van der Waals surface area contributed by atoms with Crippen molar-refractivity contribution < 1.29 is 14.6 Å². The number of fused-ring (bicyclic) bond motifs is 3. The van der Waals surface area contributed by atoms with Gasteiger partial charge in [-0.2, -0.15) is 0 Å². The maximum atomic E-state index is 11.9. The standard InChI is InChI=1S/C13H9NO4/c15-12-6-5-8(13(16)17)10-7-18-11-4-2-1-3-9(11)14(10)12/h1-6H,7H2,(H,16,17). The first kappa shape index (κ1) is 10.6. The van der Waals surface area contributed by atoms with Gasteiger partial charge in [0.15, 0.2) is 0 Å². The Morgan fingerprint density at radius 1 is 1.22 bits per heavy atom. The van der Waals surface area contributed by atoms with Gasteiger partial charge in [-0.1, -0.05) is 12.1 Å². The van der Waals surface area contributed by atoms with Crippen LogP contribution in [0.4, 0.5) is 0 Å². The summed E-state index contributed by atoms with van der Waals surface area (Å²) >= 11 is 0. The number of aromatic nitrogens is 1. The number of carboxylic acid groups (broad SMARTS) is 1. The number of carboxylic acids is 1. The zero-order valence-electron chi connectivity index (χ0n) is 9.29. The molecule has 5 heteroatoms. The van der Waals surface area contributed by atoms with Gasteiger partial charge in [0.05, 0.1) is 16.9 Å². The zero-order valence-corrected chi connectivity index (χ0v) is 9.29. The van der Waals surface area contributed by atoms with Crippen LogP contribution in [0, 0.1) is 0 Å². The molecule has 0 unspecified atom stereocenters. The highest BCUT2D eigenvalue weighted by Crippen LogP contribution is 2.28. The maximum absolute atomic E-state index is 11.9. The van der Waals surface area contributed by atoms with E-state index < -0.39 is 5.97 Å². The summed E-state index contributed by atoms with van der Waals surface area (Å²) in [5.74, 6) is -0.489.